The Kier molecular flexibility index (Phi) is 19.1. The van der Waals surface area contributed by atoms with Crippen LogP contribution in [0.15, 0.2) is 0 Å². The number of carboxylic acids is 1. The maximum Gasteiger partial charge on any atom is 0.313 e. The summed E-state index contributed by atoms with van der Waals surface area (Å²) in [5, 5.41) is 7.65. The average molecular weight is 192 g/mol. The number of rotatable bonds is 1. The molecule has 0 atom stereocenters. The van der Waals surface area contributed by atoms with Gasteiger partial charge >= 0.3 is 5.97 Å². The van der Waals surface area contributed by atoms with Crippen molar-refractivity contribution in [2.75, 3.05) is 5.75 Å². The van der Waals surface area contributed by atoms with Gasteiger partial charge in [-0.1, -0.05) is 0 Å². The molecule has 64 valence electrons. The molecule has 0 aliphatic carbocycles. The first-order chi connectivity index (χ1) is 4.00. The van der Waals surface area contributed by atoms with Gasteiger partial charge in [-0.25, -0.2) is 0 Å². The van der Waals surface area contributed by atoms with Gasteiger partial charge in [0.2, 0.25) is 0 Å². The van der Waals surface area contributed by atoms with Crippen molar-refractivity contribution in [1.82, 2.24) is 0 Å². The monoisotopic (exact) mass is 192 g/mol. The Morgan fingerprint density at radius 3 is 1.60 bits per heavy atom. The Balaban J connectivity index is -0.0000000910. The van der Waals surface area contributed by atoms with Gasteiger partial charge in [0, 0.05) is 0 Å². The number of carboxylic acid groups (broad SMARTS) is 1. The van der Waals surface area contributed by atoms with Gasteiger partial charge in [-0.05, 0) is 0 Å². The molecule has 10 heavy (non-hydrogen) atoms. The molecule has 0 heterocycles. The van der Waals surface area contributed by atoms with Gasteiger partial charge in [0.15, 0.2) is 0 Å². The average Bonchev–Trinajstić information content (AvgIpc) is 1.65. The molecule has 0 aromatic rings. The van der Waals surface area contributed by atoms with Crippen molar-refractivity contribution in [2.24, 2.45) is 0 Å². The first kappa shape index (κ1) is 16.4. The zero-order valence-corrected chi connectivity index (χ0v) is 6.43. The van der Waals surface area contributed by atoms with Crippen molar-refractivity contribution in [1.29, 1.82) is 0 Å². The highest BCUT2D eigenvalue weighted by Gasteiger charge is 1.81. The molecule has 0 saturated carbocycles. The van der Waals surface area contributed by atoms with Crippen LogP contribution in [0.4, 0.5) is 0 Å². The molecule has 0 aromatic carbocycles. The van der Waals surface area contributed by atoms with Crippen molar-refractivity contribution in [2.45, 2.75) is 0 Å². The molecule has 8 heteroatoms. The van der Waals surface area contributed by atoms with Crippen molar-refractivity contribution < 1.29 is 28.7 Å². The molecule has 0 radical (unpaired) electrons. The molecule has 0 aliphatic rings. The van der Waals surface area contributed by atoms with E-state index in [1.165, 1.54) is 0 Å². The third kappa shape index (κ3) is 108. The predicted octanol–water partition coefficient (Wildman–Crippen LogP) is -1.14. The minimum absolute atomic E-state index is 0. The lowest BCUT2D eigenvalue weighted by Gasteiger charge is -1.71. The molecular formula is C2H8O6S2. The van der Waals surface area contributed by atoms with Crippen LogP contribution in [0, 0.1) is 0 Å². The molecule has 5 N–H and O–H groups in total. The van der Waals surface area contributed by atoms with E-state index in [-0.39, 0.29) is 11.2 Å². The molecule has 6 nitrogen and oxygen atoms in total. The van der Waals surface area contributed by atoms with Gasteiger partial charge in [0.1, 0.15) is 0 Å². The molecule has 0 aromatic heterocycles. The Morgan fingerprint density at radius 1 is 1.50 bits per heavy atom. The molecule has 0 amide bonds. The van der Waals surface area contributed by atoms with E-state index in [1.807, 2.05) is 0 Å². The maximum atomic E-state index is 9.29. The normalized spacial score (nSPS) is 7.20. The third-order valence-electron chi connectivity index (χ3n) is 0.135. The van der Waals surface area contributed by atoms with Gasteiger partial charge in [-0.3, -0.25) is 13.9 Å². The minimum atomic E-state index is -2.61. The quantitative estimate of drug-likeness (QED) is 0.308. The highest BCUT2D eigenvalue weighted by atomic mass is 32.2. The van der Waals surface area contributed by atoms with Crippen LogP contribution in [0.3, 0.4) is 0 Å². The Morgan fingerprint density at radius 2 is 1.60 bits per heavy atom. The summed E-state index contributed by atoms with van der Waals surface area (Å²) < 4.78 is 22.8. The lowest BCUT2D eigenvalue weighted by molar-refractivity contribution is -0.133. The summed E-state index contributed by atoms with van der Waals surface area (Å²) in [4.78, 5) is 9.29. The molecular weight excluding hydrogens is 184 g/mol. The summed E-state index contributed by atoms with van der Waals surface area (Å²) in [5.41, 5.74) is 0. The second kappa shape index (κ2) is 11.6. The number of aliphatic carboxylic acids is 1. The first-order valence-corrected chi connectivity index (χ1v) is 3.33. The van der Waals surface area contributed by atoms with Crippen LogP contribution in [-0.2, 0) is 16.2 Å². The van der Waals surface area contributed by atoms with E-state index in [0.29, 0.717) is 0 Å². The zero-order valence-electron chi connectivity index (χ0n) is 4.72. The molecule has 0 bridgehead atoms. The van der Waals surface area contributed by atoms with Gasteiger partial charge < -0.3 is 10.6 Å². The number of hydrogen-bond donors (Lipinski definition) is 4. The fourth-order valence-electron chi connectivity index (χ4n) is 0. The number of hydrogen-bond acceptors (Lipinski definition) is 3. The summed E-state index contributed by atoms with van der Waals surface area (Å²) in [6.07, 6.45) is 0. The zero-order chi connectivity index (χ0) is 7.86. The fraction of sp³-hybridized carbons (Fsp3) is 0.500. The maximum absolute atomic E-state index is 9.29. The largest absolute Gasteiger partial charge is 0.481 e. The van der Waals surface area contributed by atoms with Gasteiger partial charge in [0.05, 0.1) is 5.75 Å². The second-order valence-electron chi connectivity index (χ2n) is 0.783. The lowest BCUT2D eigenvalue weighted by Crippen LogP contribution is -1.92. The number of thiol groups is 1. The molecule has 0 aliphatic heterocycles. The number of carbonyl (C=O) groups is 1. The summed E-state index contributed by atoms with van der Waals surface area (Å²) in [6.45, 7) is 0. The van der Waals surface area contributed by atoms with Crippen LogP contribution >= 0.6 is 12.6 Å². The van der Waals surface area contributed by atoms with Crippen molar-refractivity contribution in [3.05, 3.63) is 0 Å². The standard InChI is InChI=1S/C2H4O2S.H2O3S.H2O/c3-2(4)1-5;1-4(2)3;/h5H,1H2,(H,3,4);(H2,1,2,3);1H2. The van der Waals surface area contributed by atoms with E-state index in [0.717, 1.165) is 0 Å². The van der Waals surface area contributed by atoms with Crippen LogP contribution in [0.2, 0.25) is 0 Å². The lowest BCUT2D eigenvalue weighted by atomic mass is 10.8. The van der Waals surface area contributed by atoms with Gasteiger partial charge in [-0.15, -0.1) is 0 Å². The van der Waals surface area contributed by atoms with Crippen LogP contribution in [0.25, 0.3) is 0 Å². The van der Waals surface area contributed by atoms with Gasteiger partial charge in [0.25, 0.3) is 11.4 Å². The van der Waals surface area contributed by atoms with Crippen LogP contribution < -0.4 is 0 Å². The fourth-order valence-corrected chi connectivity index (χ4v) is 0. The van der Waals surface area contributed by atoms with E-state index in [1.54, 1.807) is 0 Å². The summed E-state index contributed by atoms with van der Waals surface area (Å²) in [5.74, 6) is -0.965. The van der Waals surface area contributed by atoms with Crippen molar-refractivity contribution in [3.63, 3.8) is 0 Å². The Hall–Kier alpha value is -0.150. The minimum Gasteiger partial charge on any atom is -0.481 e. The predicted molar refractivity (Wildman–Crippen MR) is 38.5 cm³/mol. The molecule has 0 unspecified atom stereocenters. The molecule has 0 fully saturated rings. The third-order valence-corrected chi connectivity index (χ3v) is 0.406. The van der Waals surface area contributed by atoms with E-state index in [4.69, 9.17) is 18.4 Å². The van der Waals surface area contributed by atoms with E-state index >= 15 is 0 Å². The van der Waals surface area contributed by atoms with E-state index < -0.39 is 17.3 Å². The Bertz CT molecular complexity index is 97.9. The molecule has 0 spiro atoms. The topological polar surface area (TPSA) is 126 Å². The highest BCUT2D eigenvalue weighted by molar-refractivity contribution is 7.81. The second-order valence-corrected chi connectivity index (χ2v) is 1.56. The van der Waals surface area contributed by atoms with Crippen LogP contribution in [0.5, 0.6) is 0 Å². The molecule has 0 rings (SSSR count). The first-order valence-electron chi connectivity index (χ1n) is 1.63. The van der Waals surface area contributed by atoms with Crippen LogP contribution in [-0.4, -0.2) is 35.6 Å². The summed E-state index contributed by atoms with van der Waals surface area (Å²) >= 11 is 0.805. The SMILES string of the molecule is O.O=C(O)CS.O=S(O)O. The smallest absolute Gasteiger partial charge is 0.313 e. The molecule has 0 saturated heterocycles. The highest BCUT2D eigenvalue weighted by Crippen LogP contribution is 1.66. The van der Waals surface area contributed by atoms with Gasteiger partial charge in [-0.2, -0.15) is 16.8 Å². The Labute approximate surface area is 65.1 Å². The van der Waals surface area contributed by atoms with Crippen LogP contribution in [0.1, 0.15) is 0 Å². The van der Waals surface area contributed by atoms with E-state index in [2.05, 4.69) is 12.6 Å². The van der Waals surface area contributed by atoms with Crippen molar-refractivity contribution >= 4 is 30.0 Å². The summed E-state index contributed by atoms with van der Waals surface area (Å²) in [7, 11) is 0. The van der Waals surface area contributed by atoms with Crippen molar-refractivity contribution in [3.8, 4) is 0 Å². The van der Waals surface area contributed by atoms with E-state index in [9.17, 15) is 4.79 Å². The summed E-state index contributed by atoms with van der Waals surface area (Å²) in [6, 6.07) is 0.